The smallest absolute Gasteiger partial charge is 0.268 e. The number of aromatic nitrogens is 4. The molecule has 1 aromatic carbocycles. The maximum atomic E-state index is 11.0. The molecule has 2 heterocycles. The second kappa shape index (κ2) is 7.10. The van der Waals surface area contributed by atoms with Gasteiger partial charge in [0.15, 0.2) is 0 Å². The van der Waals surface area contributed by atoms with Crippen molar-refractivity contribution in [1.29, 1.82) is 0 Å². The van der Waals surface area contributed by atoms with Gasteiger partial charge < -0.3 is 11.1 Å². The highest BCUT2D eigenvalue weighted by molar-refractivity contribution is 6.30. The Morgan fingerprint density at radius 1 is 1.25 bits per heavy atom. The molecule has 2 aromatic heterocycles. The van der Waals surface area contributed by atoms with Crippen molar-refractivity contribution in [2.45, 2.75) is 6.04 Å². The van der Waals surface area contributed by atoms with E-state index in [9.17, 15) is 4.79 Å². The Hall–Kier alpha value is -2.93. The highest BCUT2D eigenvalue weighted by atomic mass is 35.5. The number of nitrogens with two attached hydrogens (primary N) is 1. The summed E-state index contributed by atoms with van der Waals surface area (Å²) in [5.74, 6) is -0.0595. The molecule has 3 aromatic rings. The molecule has 1 atom stereocenters. The van der Waals surface area contributed by atoms with Crippen molar-refractivity contribution in [2.75, 3.05) is 11.9 Å². The normalized spacial score (nSPS) is 11.9. The number of hydrogen-bond donors (Lipinski definition) is 2. The maximum Gasteiger partial charge on any atom is 0.268 e. The first-order valence-corrected chi connectivity index (χ1v) is 7.61. The van der Waals surface area contributed by atoms with E-state index in [2.05, 4.69) is 20.4 Å². The van der Waals surface area contributed by atoms with Crippen LogP contribution >= 0.6 is 11.6 Å². The highest BCUT2D eigenvalue weighted by Gasteiger charge is 2.14. The molecule has 7 nitrogen and oxygen atoms in total. The zero-order valence-corrected chi connectivity index (χ0v) is 13.4. The monoisotopic (exact) mass is 342 g/mol. The Balaban J connectivity index is 1.77. The maximum absolute atomic E-state index is 11.0. The van der Waals surface area contributed by atoms with Gasteiger partial charge in [0.05, 0.1) is 18.4 Å². The van der Waals surface area contributed by atoms with Gasteiger partial charge in [-0.2, -0.15) is 5.10 Å². The lowest BCUT2D eigenvalue weighted by molar-refractivity contribution is 0.0995. The van der Waals surface area contributed by atoms with E-state index in [4.69, 9.17) is 17.3 Å². The van der Waals surface area contributed by atoms with Crippen LogP contribution in [0.25, 0.3) is 0 Å². The van der Waals surface area contributed by atoms with Gasteiger partial charge in [-0.25, -0.2) is 9.97 Å². The van der Waals surface area contributed by atoms with Crippen molar-refractivity contribution in [1.82, 2.24) is 19.7 Å². The van der Waals surface area contributed by atoms with E-state index < -0.39 is 5.91 Å². The number of anilines is 1. The Kier molecular flexibility index (Phi) is 4.72. The number of benzene rings is 1. The van der Waals surface area contributed by atoms with Crippen molar-refractivity contribution in [3.8, 4) is 0 Å². The minimum atomic E-state index is -0.607. The summed E-state index contributed by atoms with van der Waals surface area (Å²) in [7, 11) is 0. The van der Waals surface area contributed by atoms with Crippen LogP contribution in [0.4, 0.5) is 5.82 Å². The van der Waals surface area contributed by atoms with Gasteiger partial charge in [-0.05, 0) is 23.8 Å². The van der Waals surface area contributed by atoms with Crippen molar-refractivity contribution < 1.29 is 4.79 Å². The van der Waals surface area contributed by atoms with Crippen LogP contribution in [0.2, 0.25) is 5.02 Å². The fourth-order valence-corrected chi connectivity index (χ4v) is 2.39. The zero-order valence-electron chi connectivity index (χ0n) is 12.6. The van der Waals surface area contributed by atoms with Crippen LogP contribution < -0.4 is 11.1 Å². The lowest BCUT2D eigenvalue weighted by atomic mass is 10.1. The quantitative estimate of drug-likeness (QED) is 0.715. The fraction of sp³-hybridized carbons (Fsp3) is 0.125. The summed E-state index contributed by atoms with van der Waals surface area (Å²) in [4.78, 5) is 19.1. The highest BCUT2D eigenvalue weighted by Crippen LogP contribution is 2.20. The summed E-state index contributed by atoms with van der Waals surface area (Å²) in [6.07, 6.45) is 6.44. The number of rotatable bonds is 6. The Morgan fingerprint density at radius 2 is 2.04 bits per heavy atom. The molecule has 0 aliphatic carbocycles. The van der Waals surface area contributed by atoms with Gasteiger partial charge in [-0.3, -0.25) is 9.48 Å². The van der Waals surface area contributed by atoms with Crippen LogP contribution in [0.3, 0.4) is 0 Å². The van der Waals surface area contributed by atoms with Crippen LogP contribution in [-0.4, -0.2) is 32.2 Å². The number of nitrogens with one attached hydrogen (secondary N) is 1. The van der Waals surface area contributed by atoms with Crippen molar-refractivity contribution in [2.24, 2.45) is 5.73 Å². The molecule has 0 bridgehead atoms. The SMILES string of the molecule is NC(=O)c1cnc(NCC(c2ccc(Cl)cc2)n2cccn2)cn1. The molecule has 0 saturated heterocycles. The van der Waals surface area contributed by atoms with Crippen LogP contribution in [-0.2, 0) is 0 Å². The molecule has 0 fully saturated rings. The van der Waals surface area contributed by atoms with Gasteiger partial charge in [0, 0.05) is 24.0 Å². The van der Waals surface area contributed by atoms with E-state index in [0.717, 1.165) is 5.56 Å². The lowest BCUT2D eigenvalue weighted by Crippen LogP contribution is -2.21. The van der Waals surface area contributed by atoms with Gasteiger partial charge in [-0.1, -0.05) is 23.7 Å². The van der Waals surface area contributed by atoms with Crippen LogP contribution in [0.15, 0.2) is 55.1 Å². The predicted octanol–water partition coefficient (Wildman–Crippen LogP) is 2.13. The molecule has 122 valence electrons. The largest absolute Gasteiger partial charge is 0.366 e. The molecule has 24 heavy (non-hydrogen) atoms. The first kappa shape index (κ1) is 15.9. The average Bonchev–Trinajstić information content (AvgIpc) is 3.11. The van der Waals surface area contributed by atoms with Gasteiger partial charge >= 0.3 is 0 Å². The molecule has 3 rings (SSSR count). The van der Waals surface area contributed by atoms with Crippen molar-refractivity contribution >= 4 is 23.3 Å². The van der Waals surface area contributed by atoms with Crippen LogP contribution in [0.1, 0.15) is 22.1 Å². The number of hydrogen-bond acceptors (Lipinski definition) is 5. The lowest BCUT2D eigenvalue weighted by Gasteiger charge is -2.19. The number of amides is 1. The van der Waals surface area contributed by atoms with Crippen molar-refractivity contribution in [3.05, 3.63) is 71.4 Å². The second-order valence-electron chi connectivity index (χ2n) is 5.09. The molecule has 0 spiro atoms. The summed E-state index contributed by atoms with van der Waals surface area (Å²) in [6.45, 7) is 0.536. The summed E-state index contributed by atoms with van der Waals surface area (Å²) in [5.41, 5.74) is 6.33. The van der Waals surface area contributed by atoms with Gasteiger partial charge in [0.2, 0.25) is 0 Å². The third-order valence-corrected chi connectivity index (χ3v) is 3.73. The number of carbonyl (C=O) groups excluding carboxylic acids is 1. The summed E-state index contributed by atoms with van der Waals surface area (Å²) >= 11 is 5.96. The van der Waals surface area contributed by atoms with E-state index in [1.807, 2.05) is 41.2 Å². The van der Waals surface area contributed by atoms with E-state index in [1.165, 1.54) is 12.4 Å². The minimum Gasteiger partial charge on any atom is -0.366 e. The van der Waals surface area contributed by atoms with E-state index in [-0.39, 0.29) is 11.7 Å². The third kappa shape index (κ3) is 3.69. The molecule has 0 aliphatic heterocycles. The van der Waals surface area contributed by atoms with Crippen LogP contribution in [0, 0.1) is 0 Å². The summed E-state index contributed by atoms with van der Waals surface area (Å²) < 4.78 is 1.85. The molecule has 1 amide bonds. The van der Waals surface area contributed by atoms with E-state index in [1.54, 1.807) is 6.20 Å². The molecule has 0 saturated carbocycles. The van der Waals surface area contributed by atoms with Crippen molar-refractivity contribution in [3.63, 3.8) is 0 Å². The number of nitrogens with zero attached hydrogens (tertiary/aromatic N) is 4. The summed E-state index contributed by atoms with van der Waals surface area (Å²) in [6, 6.07) is 9.42. The zero-order chi connectivity index (χ0) is 16.9. The van der Waals surface area contributed by atoms with Gasteiger partial charge in [0.1, 0.15) is 11.5 Å². The topological polar surface area (TPSA) is 98.7 Å². The minimum absolute atomic E-state index is 0.0464. The molecular weight excluding hydrogens is 328 g/mol. The third-order valence-electron chi connectivity index (χ3n) is 3.48. The number of carbonyl (C=O) groups is 1. The standard InChI is InChI=1S/C16H15ClN6O/c17-12-4-2-11(3-5-12)14(23-7-1-6-22-23)9-21-15-10-19-13(8-20-15)16(18)24/h1-8,10,14H,9H2,(H2,18,24)(H,20,21). The summed E-state index contributed by atoms with van der Waals surface area (Å²) in [5, 5.41) is 8.18. The first-order valence-electron chi connectivity index (χ1n) is 7.24. The molecule has 8 heteroatoms. The molecule has 0 radical (unpaired) electrons. The first-order chi connectivity index (χ1) is 11.6. The average molecular weight is 343 g/mol. The Labute approximate surface area is 143 Å². The number of primary amides is 1. The van der Waals surface area contributed by atoms with Gasteiger partial charge in [0.25, 0.3) is 5.91 Å². The Morgan fingerprint density at radius 3 is 2.62 bits per heavy atom. The number of halogens is 1. The van der Waals surface area contributed by atoms with Gasteiger partial charge in [-0.15, -0.1) is 0 Å². The fourth-order valence-electron chi connectivity index (χ4n) is 2.26. The molecule has 0 aliphatic rings. The van der Waals surface area contributed by atoms with E-state index in [0.29, 0.717) is 17.4 Å². The molecule has 1 unspecified atom stereocenters. The molecule has 3 N–H and O–H groups in total. The molecular formula is C16H15ClN6O. The second-order valence-corrected chi connectivity index (χ2v) is 5.52. The van der Waals surface area contributed by atoms with E-state index >= 15 is 0 Å². The Bertz CT molecular complexity index is 802. The predicted molar refractivity (Wildman–Crippen MR) is 90.9 cm³/mol. The van der Waals surface area contributed by atoms with Crippen LogP contribution in [0.5, 0.6) is 0 Å².